The molecule has 0 saturated carbocycles. The molecular weight excluding hydrogens is 272 g/mol. The number of rotatable bonds is 5. The fourth-order valence-electron chi connectivity index (χ4n) is 2.99. The Balaban J connectivity index is 2.21. The minimum Gasteiger partial charge on any atom is -0.384 e. The van der Waals surface area contributed by atoms with Crippen LogP contribution in [-0.2, 0) is 0 Å². The van der Waals surface area contributed by atoms with Gasteiger partial charge in [0, 0.05) is 35.4 Å². The number of likely N-dealkylation sites (N-methyl/N-ethyl adjacent to an activating group) is 1. The maximum Gasteiger partial charge on any atom is 0.124 e. The Bertz CT molecular complexity index is 485. The SMILES string of the molecule is CCN(CC)C1CCN(c2cc(Cl)ccc2C(=N)N)C1. The molecule has 110 valence electrons. The summed E-state index contributed by atoms with van der Waals surface area (Å²) in [5.41, 5.74) is 7.44. The number of nitrogens with zero attached hydrogens (tertiary/aromatic N) is 2. The second kappa shape index (κ2) is 6.46. The van der Waals surface area contributed by atoms with Gasteiger partial charge in [-0.3, -0.25) is 10.3 Å². The first kappa shape index (κ1) is 15.1. The van der Waals surface area contributed by atoms with Crippen LogP contribution >= 0.6 is 11.6 Å². The molecule has 0 bridgehead atoms. The molecule has 0 radical (unpaired) electrons. The molecule has 1 heterocycles. The quantitative estimate of drug-likeness (QED) is 0.648. The lowest BCUT2D eigenvalue weighted by Crippen LogP contribution is -2.37. The van der Waals surface area contributed by atoms with E-state index in [4.69, 9.17) is 22.7 Å². The molecule has 1 saturated heterocycles. The normalized spacial score (nSPS) is 18.8. The van der Waals surface area contributed by atoms with Gasteiger partial charge in [-0.15, -0.1) is 0 Å². The summed E-state index contributed by atoms with van der Waals surface area (Å²) in [6.07, 6.45) is 1.14. The Morgan fingerprint density at radius 2 is 2.15 bits per heavy atom. The lowest BCUT2D eigenvalue weighted by molar-refractivity contribution is 0.232. The summed E-state index contributed by atoms with van der Waals surface area (Å²) < 4.78 is 0. The van der Waals surface area contributed by atoms with E-state index in [2.05, 4.69) is 23.6 Å². The average molecular weight is 295 g/mol. The van der Waals surface area contributed by atoms with Crippen molar-refractivity contribution in [1.82, 2.24) is 4.90 Å². The molecule has 0 aliphatic carbocycles. The third-order valence-corrected chi connectivity index (χ3v) is 4.32. The molecule has 1 atom stereocenters. The Hall–Kier alpha value is -1.26. The molecule has 0 spiro atoms. The first-order valence-electron chi connectivity index (χ1n) is 7.19. The molecule has 0 aromatic heterocycles. The van der Waals surface area contributed by atoms with E-state index in [0.717, 1.165) is 43.9 Å². The Morgan fingerprint density at radius 3 is 2.75 bits per heavy atom. The van der Waals surface area contributed by atoms with Crippen molar-refractivity contribution in [3.8, 4) is 0 Å². The van der Waals surface area contributed by atoms with Crippen LogP contribution in [0.1, 0.15) is 25.8 Å². The van der Waals surface area contributed by atoms with Crippen LogP contribution in [0.2, 0.25) is 5.02 Å². The zero-order chi connectivity index (χ0) is 14.7. The van der Waals surface area contributed by atoms with Crippen LogP contribution in [0.25, 0.3) is 0 Å². The van der Waals surface area contributed by atoms with Crippen LogP contribution in [0.5, 0.6) is 0 Å². The molecule has 3 N–H and O–H groups in total. The van der Waals surface area contributed by atoms with Crippen molar-refractivity contribution in [1.29, 1.82) is 5.41 Å². The molecule has 1 aliphatic rings. The van der Waals surface area contributed by atoms with E-state index in [1.807, 2.05) is 12.1 Å². The van der Waals surface area contributed by atoms with Gasteiger partial charge in [0.2, 0.25) is 0 Å². The summed E-state index contributed by atoms with van der Waals surface area (Å²) in [5, 5.41) is 8.41. The summed E-state index contributed by atoms with van der Waals surface area (Å²) in [7, 11) is 0. The fraction of sp³-hybridized carbons (Fsp3) is 0.533. The highest BCUT2D eigenvalue weighted by molar-refractivity contribution is 6.31. The van der Waals surface area contributed by atoms with E-state index in [1.165, 1.54) is 0 Å². The molecule has 5 heteroatoms. The second-order valence-electron chi connectivity index (χ2n) is 5.18. The number of halogens is 1. The molecule has 0 amide bonds. The number of hydrogen-bond donors (Lipinski definition) is 2. The van der Waals surface area contributed by atoms with Crippen LogP contribution in [-0.4, -0.2) is 43.0 Å². The van der Waals surface area contributed by atoms with Gasteiger partial charge in [-0.25, -0.2) is 0 Å². The van der Waals surface area contributed by atoms with Gasteiger partial charge in [-0.05, 0) is 37.7 Å². The summed E-state index contributed by atoms with van der Waals surface area (Å²) in [4.78, 5) is 4.78. The van der Waals surface area contributed by atoms with Gasteiger partial charge >= 0.3 is 0 Å². The van der Waals surface area contributed by atoms with Crippen molar-refractivity contribution in [3.63, 3.8) is 0 Å². The van der Waals surface area contributed by atoms with Gasteiger partial charge < -0.3 is 10.6 Å². The largest absolute Gasteiger partial charge is 0.384 e. The summed E-state index contributed by atoms with van der Waals surface area (Å²) >= 11 is 6.11. The van der Waals surface area contributed by atoms with Crippen molar-refractivity contribution in [2.75, 3.05) is 31.1 Å². The van der Waals surface area contributed by atoms with E-state index >= 15 is 0 Å². The van der Waals surface area contributed by atoms with Gasteiger partial charge in [0.15, 0.2) is 0 Å². The topological polar surface area (TPSA) is 56.4 Å². The molecule has 1 unspecified atom stereocenters. The first-order valence-corrected chi connectivity index (χ1v) is 7.57. The van der Waals surface area contributed by atoms with E-state index in [-0.39, 0.29) is 5.84 Å². The third kappa shape index (κ3) is 3.07. The van der Waals surface area contributed by atoms with Crippen molar-refractivity contribution in [3.05, 3.63) is 28.8 Å². The van der Waals surface area contributed by atoms with Gasteiger partial charge in [-0.1, -0.05) is 25.4 Å². The molecule has 1 aromatic carbocycles. The molecule has 1 aromatic rings. The predicted octanol–water partition coefficient (Wildman–Crippen LogP) is 2.54. The molecule has 20 heavy (non-hydrogen) atoms. The molecule has 1 fully saturated rings. The Kier molecular flexibility index (Phi) is 4.89. The highest BCUT2D eigenvalue weighted by atomic mass is 35.5. The predicted molar refractivity (Wildman–Crippen MR) is 86.0 cm³/mol. The highest BCUT2D eigenvalue weighted by Gasteiger charge is 2.27. The van der Waals surface area contributed by atoms with E-state index in [9.17, 15) is 0 Å². The van der Waals surface area contributed by atoms with E-state index in [0.29, 0.717) is 11.1 Å². The maximum absolute atomic E-state index is 7.72. The summed E-state index contributed by atoms with van der Waals surface area (Å²) in [5.74, 6) is 0.1000. The lowest BCUT2D eigenvalue weighted by atomic mass is 10.1. The van der Waals surface area contributed by atoms with Gasteiger partial charge in [-0.2, -0.15) is 0 Å². The van der Waals surface area contributed by atoms with E-state index in [1.54, 1.807) is 6.07 Å². The first-order chi connectivity index (χ1) is 9.56. The second-order valence-corrected chi connectivity index (χ2v) is 5.62. The Labute approximate surface area is 126 Å². The van der Waals surface area contributed by atoms with Crippen LogP contribution in [0.3, 0.4) is 0 Å². The minimum atomic E-state index is 0.1000. The van der Waals surface area contributed by atoms with Crippen molar-refractivity contribution >= 4 is 23.1 Å². The average Bonchev–Trinajstić information content (AvgIpc) is 2.89. The van der Waals surface area contributed by atoms with Gasteiger partial charge in [0.1, 0.15) is 5.84 Å². The van der Waals surface area contributed by atoms with Crippen LogP contribution in [0, 0.1) is 5.41 Å². The fourth-order valence-corrected chi connectivity index (χ4v) is 3.16. The van der Waals surface area contributed by atoms with Crippen LogP contribution in [0.4, 0.5) is 5.69 Å². The van der Waals surface area contributed by atoms with Crippen molar-refractivity contribution < 1.29 is 0 Å². The summed E-state index contributed by atoms with van der Waals surface area (Å²) in [6, 6.07) is 6.12. The number of benzene rings is 1. The standard InChI is InChI=1S/C15H23ClN4/c1-3-19(4-2)12-7-8-20(10-12)14-9-11(16)5-6-13(14)15(17)18/h5-6,9,12H,3-4,7-8,10H2,1-2H3,(H3,17,18). The van der Waals surface area contributed by atoms with Gasteiger partial charge in [0.25, 0.3) is 0 Å². The van der Waals surface area contributed by atoms with Crippen molar-refractivity contribution in [2.45, 2.75) is 26.3 Å². The molecule has 1 aliphatic heterocycles. The number of amidine groups is 1. The highest BCUT2D eigenvalue weighted by Crippen LogP contribution is 2.29. The maximum atomic E-state index is 7.72. The zero-order valence-electron chi connectivity index (χ0n) is 12.2. The zero-order valence-corrected chi connectivity index (χ0v) is 13.0. The molecular formula is C15H23ClN4. The van der Waals surface area contributed by atoms with E-state index < -0.39 is 0 Å². The molecule has 4 nitrogen and oxygen atoms in total. The number of hydrogen-bond acceptors (Lipinski definition) is 3. The Morgan fingerprint density at radius 1 is 1.45 bits per heavy atom. The number of nitrogen functional groups attached to an aromatic ring is 1. The summed E-state index contributed by atoms with van der Waals surface area (Å²) in [6.45, 7) is 8.51. The van der Waals surface area contributed by atoms with Crippen molar-refractivity contribution in [2.24, 2.45) is 5.73 Å². The van der Waals surface area contributed by atoms with Crippen LogP contribution in [0.15, 0.2) is 18.2 Å². The number of anilines is 1. The van der Waals surface area contributed by atoms with Crippen LogP contribution < -0.4 is 10.6 Å². The monoisotopic (exact) mass is 294 g/mol. The van der Waals surface area contributed by atoms with Gasteiger partial charge in [0.05, 0.1) is 0 Å². The molecule has 2 rings (SSSR count). The minimum absolute atomic E-state index is 0.1000. The number of nitrogens with one attached hydrogen (secondary N) is 1. The smallest absolute Gasteiger partial charge is 0.124 e. The number of nitrogens with two attached hydrogens (primary N) is 1. The third-order valence-electron chi connectivity index (χ3n) is 4.08. The lowest BCUT2D eigenvalue weighted by Gasteiger charge is -2.27.